The molecule has 0 amide bonds. The Labute approximate surface area is 106 Å². The van der Waals surface area contributed by atoms with Gasteiger partial charge in [-0.15, -0.1) is 0 Å². The summed E-state index contributed by atoms with van der Waals surface area (Å²) in [6.45, 7) is 0. The smallest absolute Gasteiger partial charge is 0.198 e. The fourth-order valence-electron chi connectivity index (χ4n) is 2.69. The first-order chi connectivity index (χ1) is 8.78. The minimum absolute atomic E-state index is 0.471. The molecule has 1 saturated carbocycles. The molecule has 0 bridgehead atoms. The van der Waals surface area contributed by atoms with Crippen molar-refractivity contribution < 1.29 is 9.15 Å². The normalized spacial score (nSPS) is 17.2. The summed E-state index contributed by atoms with van der Waals surface area (Å²) < 4.78 is 11.0. The number of methoxy groups -OCH3 is 1. The molecule has 0 atom stereocenters. The molecule has 0 aliphatic heterocycles. The molecule has 96 valence electrons. The maximum absolute atomic E-state index is 5.87. The summed E-state index contributed by atoms with van der Waals surface area (Å²) in [5.41, 5.74) is 8.06. The summed E-state index contributed by atoms with van der Waals surface area (Å²) >= 11 is 0. The Morgan fingerprint density at radius 2 is 2.06 bits per heavy atom. The van der Waals surface area contributed by atoms with Gasteiger partial charge in [0.25, 0.3) is 0 Å². The van der Waals surface area contributed by atoms with Crippen LogP contribution in [0.25, 0.3) is 11.1 Å². The molecule has 18 heavy (non-hydrogen) atoms. The van der Waals surface area contributed by atoms with Crippen molar-refractivity contribution in [2.75, 3.05) is 12.8 Å². The molecule has 2 aromatic rings. The van der Waals surface area contributed by atoms with Gasteiger partial charge in [0, 0.05) is 18.1 Å². The van der Waals surface area contributed by atoms with Crippen molar-refractivity contribution in [3.63, 3.8) is 0 Å². The number of nitrogens with two attached hydrogens (primary N) is 1. The zero-order valence-electron chi connectivity index (χ0n) is 10.6. The fourth-order valence-corrected chi connectivity index (χ4v) is 2.69. The van der Waals surface area contributed by atoms with Gasteiger partial charge in [-0.05, 0) is 12.8 Å². The fraction of sp³-hybridized carbons (Fsp3) is 0.500. The van der Waals surface area contributed by atoms with Gasteiger partial charge < -0.3 is 14.9 Å². The van der Waals surface area contributed by atoms with Crippen LogP contribution in [0.15, 0.2) is 16.5 Å². The molecule has 1 aromatic heterocycles. The summed E-state index contributed by atoms with van der Waals surface area (Å²) in [5, 5.41) is 0. The highest BCUT2D eigenvalue weighted by atomic mass is 16.5. The lowest BCUT2D eigenvalue weighted by Gasteiger charge is -2.17. The lowest BCUT2D eigenvalue weighted by atomic mass is 9.89. The molecule has 2 N–H and O–H groups in total. The summed E-state index contributed by atoms with van der Waals surface area (Å²) in [7, 11) is 1.61. The molecule has 0 unspecified atom stereocenters. The Balaban J connectivity index is 1.99. The van der Waals surface area contributed by atoms with Crippen molar-refractivity contribution >= 4 is 16.8 Å². The monoisotopic (exact) mass is 246 g/mol. The summed E-state index contributed by atoms with van der Waals surface area (Å²) in [4.78, 5) is 4.58. The Bertz CT molecular complexity index is 556. The maximum Gasteiger partial charge on any atom is 0.198 e. The second kappa shape index (κ2) is 4.52. The first kappa shape index (κ1) is 11.4. The third kappa shape index (κ3) is 1.92. The van der Waals surface area contributed by atoms with Crippen molar-refractivity contribution in [3.8, 4) is 5.75 Å². The van der Waals surface area contributed by atoms with Gasteiger partial charge in [-0.3, -0.25) is 0 Å². The van der Waals surface area contributed by atoms with Crippen LogP contribution in [0.4, 0.5) is 5.69 Å². The van der Waals surface area contributed by atoms with Crippen LogP contribution in [0, 0.1) is 0 Å². The van der Waals surface area contributed by atoms with Gasteiger partial charge in [-0.25, -0.2) is 4.98 Å². The van der Waals surface area contributed by atoms with Crippen molar-refractivity contribution in [1.29, 1.82) is 0 Å². The van der Waals surface area contributed by atoms with Crippen molar-refractivity contribution in [2.24, 2.45) is 0 Å². The van der Waals surface area contributed by atoms with Crippen molar-refractivity contribution in [1.82, 2.24) is 4.98 Å². The van der Waals surface area contributed by atoms with Gasteiger partial charge in [0.05, 0.1) is 12.8 Å². The number of rotatable bonds is 2. The molecule has 3 rings (SSSR count). The van der Waals surface area contributed by atoms with E-state index in [2.05, 4.69) is 4.98 Å². The standard InChI is InChI=1S/C14H18N2O2/c1-17-12-8-11-13(7-10(12)15)18-14(16-11)9-5-3-2-4-6-9/h7-9H,2-6,15H2,1H3. The molecule has 4 heteroatoms. The topological polar surface area (TPSA) is 61.3 Å². The lowest BCUT2D eigenvalue weighted by Crippen LogP contribution is -2.04. The van der Waals surface area contributed by atoms with E-state index in [-0.39, 0.29) is 0 Å². The molecule has 1 heterocycles. The van der Waals surface area contributed by atoms with Gasteiger partial charge in [-0.2, -0.15) is 0 Å². The van der Waals surface area contributed by atoms with Crippen LogP contribution < -0.4 is 10.5 Å². The highest BCUT2D eigenvalue weighted by Crippen LogP contribution is 2.35. The van der Waals surface area contributed by atoms with E-state index in [1.165, 1.54) is 32.1 Å². The van der Waals surface area contributed by atoms with E-state index in [1.54, 1.807) is 13.2 Å². The van der Waals surface area contributed by atoms with Crippen LogP contribution in [0.1, 0.15) is 43.9 Å². The van der Waals surface area contributed by atoms with Crippen LogP contribution in [0.5, 0.6) is 5.75 Å². The Morgan fingerprint density at radius 1 is 1.28 bits per heavy atom. The van der Waals surface area contributed by atoms with Crippen LogP contribution in [0.2, 0.25) is 0 Å². The second-order valence-electron chi connectivity index (χ2n) is 4.95. The molecular weight excluding hydrogens is 228 g/mol. The van der Waals surface area contributed by atoms with E-state index >= 15 is 0 Å². The minimum atomic E-state index is 0.471. The molecular formula is C14H18N2O2. The molecule has 0 spiro atoms. The number of nitrogens with zero attached hydrogens (tertiary/aromatic N) is 1. The lowest BCUT2D eigenvalue weighted by molar-refractivity contribution is 0.373. The first-order valence-electron chi connectivity index (χ1n) is 6.52. The quantitative estimate of drug-likeness (QED) is 0.824. The second-order valence-corrected chi connectivity index (χ2v) is 4.95. The van der Waals surface area contributed by atoms with Gasteiger partial charge in [0.2, 0.25) is 0 Å². The van der Waals surface area contributed by atoms with Crippen LogP contribution in [0.3, 0.4) is 0 Å². The SMILES string of the molecule is COc1cc2nc(C3CCCCC3)oc2cc1N. The number of oxazole rings is 1. The Morgan fingerprint density at radius 3 is 2.78 bits per heavy atom. The van der Waals surface area contributed by atoms with Crippen LogP contribution in [-0.2, 0) is 0 Å². The molecule has 1 aliphatic rings. The zero-order valence-corrected chi connectivity index (χ0v) is 10.6. The Hall–Kier alpha value is -1.71. The number of fused-ring (bicyclic) bond motifs is 1. The molecule has 1 aromatic carbocycles. The number of hydrogen-bond acceptors (Lipinski definition) is 4. The van der Waals surface area contributed by atoms with Gasteiger partial charge in [-0.1, -0.05) is 19.3 Å². The van der Waals surface area contributed by atoms with Gasteiger partial charge in [0.1, 0.15) is 11.3 Å². The van der Waals surface area contributed by atoms with E-state index in [0.717, 1.165) is 17.0 Å². The third-order valence-corrected chi connectivity index (χ3v) is 3.71. The minimum Gasteiger partial charge on any atom is -0.495 e. The number of aromatic nitrogens is 1. The summed E-state index contributed by atoms with van der Waals surface area (Å²) in [6, 6.07) is 3.65. The third-order valence-electron chi connectivity index (χ3n) is 3.71. The largest absolute Gasteiger partial charge is 0.495 e. The number of benzene rings is 1. The van der Waals surface area contributed by atoms with E-state index in [9.17, 15) is 0 Å². The molecule has 1 fully saturated rings. The molecule has 1 aliphatic carbocycles. The number of ether oxygens (including phenoxy) is 1. The maximum atomic E-state index is 5.87. The van der Waals surface area contributed by atoms with E-state index in [1.807, 2.05) is 6.07 Å². The summed E-state index contributed by atoms with van der Waals surface area (Å²) in [6.07, 6.45) is 6.24. The van der Waals surface area contributed by atoms with Crippen LogP contribution >= 0.6 is 0 Å². The predicted molar refractivity (Wildman–Crippen MR) is 70.8 cm³/mol. The van der Waals surface area contributed by atoms with E-state index < -0.39 is 0 Å². The molecule has 0 radical (unpaired) electrons. The van der Waals surface area contributed by atoms with Crippen molar-refractivity contribution in [3.05, 3.63) is 18.0 Å². The van der Waals surface area contributed by atoms with E-state index in [0.29, 0.717) is 17.4 Å². The summed E-state index contributed by atoms with van der Waals surface area (Å²) in [5.74, 6) is 1.99. The van der Waals surface area contributed by atoms with E-state index in [4.69, 9.17) is 14.9 Å². The average molecular weight is 246 g/mol. The van der Waals surface area contributed by atoms with Gasteiger partial charge in [0.15, 0.2) is 11.5 Å². The average Bonchev–Trinajstić information content (AvgIpc) is 2.81. The number of hydrogen-bond donors (Lipinski definition) is 1. The molecule has 4 nitrogen and oxygen atoms in total. The highest BCUT2D eigenvalue weighted by molar-refractivity contribution is 5.80. The Kier molecular flexibility index (Phi) is 2.86. The first-order valence-corrected chi connectivity index (χ1v) is 6.52. The number of anilines is 1. The number of nitrogen functional groups attached to an aromatic ring is 1. The highest BCUT2D eigenvalue weighted by Gasteiger charge is 2.21. The van der Waals surface area contributed by atoms with Crippen LogP contribution in [-0.4, -0.2) is 12.1 Å². The molecule has 0 saturated heterocycles. The van der Waals surface area contributed by atoms with Gasteiger partial charge >= 0.3 is 0 Å². The predicted octanol–water partition coefficient (Wildman–Crippen LogP) is 3.47. The zero-order chi connectivity index (χ0) is 12.5. The van der Waals surface area contributed by atoms with Crippen molar-refractivity contribution in [2.45, 2.75) is 38.0 Å².